The summed E-state index contributed by atoms with van der Waals surface area (Å²) >= 11 is 0. The summed E-state index contributed by atoms with van der Waals surface area (Å²) in [5, 5.41) is 0. The number of carbonyl (C=O) groups is 1. The Bertz CT molecular complexity index is 256. The second-order valence-corrected chi connectivity index (χ2v) is 2.49. The minimum absolute atomic E-state index is 0. The first-order valence-corrected chi connectivity index (χ1v) is 3.33. The van der Waals surface area contributed by atoms with Gasteiger partial charge in [-0.25, -0.2) is 8.42 Å². The molecule has 0 aromatic carbocycles. The number of amides is 1. The number of nitrogens with zero attached hydrogens (tertiary/aromatic N) is 1. The molecule has 1 heterocycles. The molecule has 7 heteroatoms. The van der Waals surface area contributed by atoms with Crippen LogP contribution >= 0.6 is 0 Å². The monoisotopic (exact) mass is 171 g/mol. The van der Waals surface area contributed by atoms with Crippen LogP contribution in [0.25, 0.3) is 4.72 Å². The van der Waals surface area contributed by atoms with Gasteiger partial charge >= 0.3 is 29.6 Å². The molecule has 10 heavy (non-hydrogen) atoms. The number of rotatable bonds is 0. The van der Waals surface area contributed by atoms with Crippen LogP contribution < -0.4 is 29.6 Å². The van der Waals surface area contributed by atoms with Crippen LogP contribution in [-0.4, -0.2) is 14.3 Å². The predicted octanol–water partition coefficient (Wildman–Crippen LogP) is -3.32. The number of carbonyl (C=O) groups excluding carboxylic acids is 1. The van der Waals surface area contributed by atoms with Gasteiger partial charge in [-0.05, 0) is 6.08 Å². The second-order valence-electron chi connectivity index (χ2n) is 1.26. The van der Waals surface area contributed by atoms with Crippen molar-refractivity contribution in [1.29, 1.82) is 0 Å². The molecule has 0 unspecified atom stereocenters. The molecule has 0 saturated heterocycles. The summed E-state index contributed by atoms with van der Waals surface area (Å²) in [6.45, 7) is 0. The Morgan fingerprint density at radius 2 is 2.10 bits per heavy atom. The third-order valence-electron chi connectivity index (χ3n) is 0.590. The molecule has 1 rings (SSSR count). The van der Waals surface area contributed by atoms with E-state index in [1.165, 1.54) is 0 Å². The SMILES string of the molecule is O=C1C=COS(=O)(=O)[N-]1.[Na+]. The van der Waals surface area contributed by atoms with Crippen molar-refractivity contribution in [2.75, 3.05) is 0 Å². The van der Waals surface area contributed by atoms with Gasteiger partial charge in [-0.2, -0.15) is 0 Å². The molecule has 1 aliphatic rings. The molecular weight excluding hydrogens is 169 g/mol. The summed E-state index contributed by atoms with van der Waals surface area (Å²) in [6, 6.07) is 0. The molecule has 0 radical (unpaired) electrons. The van der Waals surface area contributed by atoms with Gasteiger partial charge in [-0.15, -0.1) is 0 Å². The Morgan fingerprint density at radius 1 is 1.50 bits per heavy atom. The maximum atomic E-state index is 10.2. The quantitative estimate of drug-likeness (QED) is 0.357. The van der Waals surface area contributed by atoms with Crippen LogP contribution in [0.3, 0.4) is 0 Å². The smallest absolute Gasteiger partial charge is 0.509 e. The summed E-state index contributed by atoms with van der Waals surface area (Å²) < 4.78 is 27.0. The van der Waals surface area contributed by atoms with Crippen molar-refractivity contribution in [2.24, 2.45) is 0 Å². The first-order chi connectivity index (χ1) is 4.10. The van der Waals surface area contributed by atoms with E-state index < -0.39 is 16.2 Å². The van der Waals surface area contributed by atoms with Crippen molar-refractivity contribution >= 4 is 16.2 Å². The Labute approximate surface area is 80.0 Å². The summed E-state index contributed by atoms with van der Waals surface area (Å²) in [5.41, 5.74) is 0. The van der Waals surface area contributed by atoms with Crippen LogP contribution in [0.5, 0.6) is 0 Å². The van der Waals surface area contributed by atoms with Gasteiger partial charge in [0.25, 0.3) is 10.3 Å². The zero-order chi connectivity index (χ0) is 6.91. The average molecular weight is 171 g/mol. The Balaban J connectivity index is 0.000000810. The van der Waals surface area contributed by atoms with Crippen LogP contribution in [0.1, 0.15) is 0 Å². The Morgan fingerprint density at radius 3 is 2.40 bits per heavy atom. The minimum atomic E-state index is -3.94. The van der Waals surface area contributed by atoms with Gasteiger partial charge in [0.15, 0.2) is 0 Å². The first-order valence-electron chi connectivity index (χ1n) is 1.97. The summed E-state index contributed by atoms with van der Waals surface area (Å²) in [5.74, 6) is -0.818. The average Bonchev–Trinajstić information content (AvgIpc) is 1.60. The van der Waals surface area contributed by atoms with Crippen molar-refractivity contribution in [3.05, 3.63) is 17.1 Å². The van der Waals surface area contributed by atoms with E-state index in [2.05, 4.69) is 8.91 Å². The van der Waals surface area contributed by atoms with E-state index >= 15 is 0 Å². The van der Waals surface area contributed by atoms with E-state index in [1.807, 2.05) is 0 Å². The van der Waals surface area contributed by atoms with Gasteiger partial charge in [0.05, 0.1) is 5.91 Å². The maximum Gasteiger partial charge on any atom is 1.00 e. The van der Waals surface area contributed by atoms with Crippen LogP contribution in [0.2, 0.25) is 0 Å². The molecule has 50 valence electrons. The standard InChI is InChI=1S/C3H3NO4S.Na/c5-3-1-2-8-9(6,7)4-3;/h1-2H,(H,4,5);/q;+1/p-1. The second kappa shape index (κ2) is 3.38. The van der Waals surface area contributed by atoms with Gasteiger partial charge < -0.3 is 13.7 Å². The Hall–Kier alpha value is -0.0400. The Kier molecular flexibility index (Phi) is 3.37. The fourth-order valence-corrected chi connectivity index (χ4v) is 0.839. The van der Waals surface area contributed by atoms with Crippen molar-refractivity contribution in [1.82, 2.24) is 0 Å². The fraction of sp³-hybridized carbons (Fsp3) is 0. The topological polar surface area (TPSA) is 74.5 Å². The van der Waals surface area contributed by atoms with E-state index in [1.54, 1.807) is 0 Å². The van der Waals surface area contributed by atoms with E-state index in [0.717, 1.165) is 12.3 Å². The molecule has 0 spiro atoms. The van der Waals surface area contributed by atoms with E-state index in [4.69, 9.17) is 0 Å². The zero-order valence-corrected chi connectivity index (χ0v) is 7.96. The summed E-state index contributed by atoms with van der Waals surface area (Å²) in [6.07, 6.45) is 1.70. The van der Waals surface area contributed by atoms with Crippen molar-refractivity contribution in [3.8, 4) is 0 Å². The van der Waals surface area contributed by atoms with Crippen molar-refractivity contribution < 1.29 is 47.0 Å². The number of hydrogen-bond donors (Lipinski definition) is 0. The van der Waals surface area contributed by atoms with E-state index in [0.29, 0.717) is 0 Å². The molecule has 5 nitrogen and oxygen atoms in total. The predicted molar refractivity (Wildman–Crippen MR) is 27.5 cm³/mol. The van der Waals surface area contributed by atoms with Crippen LogP contribution in [0.15, 0.2) is 12.3 Å². The van der Waals surface area contributed by atoms with E-state index in [-0.39, 0.29) is 29.6 Å². The molecule has 0 aromatic heterocycles. The molecule has 0 fully saturated rings. The molecule has 1 amide bonds. The maximum absolute atomic E-state index is 10.2. The van der Waals surface area contributed by atoms with Gasteiger partial charge in [0.2, 0.25) is 0 Å². The molecule has 0 bridgehead atoms. The van der Waals surface area contributed by atoms with Crippen molar-refractivity contribution in [2.45, 2.75) is 0 Å². The largest absolute Gasteiger partial charge is 1.00 e. The van der Waals surface area contributed by atoms with Gasteiger partial charge in [0, 0.05) is 0 Å². The van der Waals surface area contributed by atoms with Crippen LogP contribution in [0, 0.1) is 0 Å². The van der Waals surface area contributed by atoms with Gasteiger partial charge in [0.1, 0.15) is 6.26 Å². The number of hydrogen-bond acceptors (Lipinski definition) is 4. The fourth-order valence-electron chi connectivity index (χ4n) is 0.318. The molecule has 0 aliphatic carbocycles. The normalized spacial score (nSPS) is 20.2. The minimum Gasteiger partial charge on any atom is -0.509 e. The molecule has 1 aliphatic heterocycles. The zero-order valence-electron chi connectivity index (χ0n) is 5.14. The van der Waals surface area contributed by atoms with Crippen LogP contribution in [-0.2, 0) is 19.3 Å². The third kappa shape index (κ3) is 2.70. The van der Waals surface area contributed by atoms with Gasteiger partial charge in [-0.1, -0.05) is 0 Å². The molecule has 0 N–H and O–H groups in total. The molecule has 0 saturated carbocycles. The first kappa shape index (κ1) is 9.96. The van der Waals surface area contributed by atoms with Crippen molar-refractivity contribution in [3.63, 3.8) is 0 Å². The molecule has 0 atom stereocenters. The van der Waals surface area contributed by atoms with E-state index in [9.17, 15) is 13.2 Å². The molecular formula is C3H2NNaO4S. The summed E-state index contributed by atoms with van der Waals surface area (Å²) in [7, 11) is -3.94. The van der Waals surface area contributed by atoms with Gasteiger partial charge in [-0.3, -0.25) is 0 Å². The summed E-state index contributed by atoms with van der Waals surface area (Å²) in [4.78, 5) is 10.2. The van der Waals surface area contributed by atoms with Crippen LogP contribution in [0.4, 0.5) is 0 Å². The third-order valence-corrected chi connectivity index (χ3v) is 1.35. The molecule has 0 aromatic rings.